The van der Waals surface area contributed by atoms with Crippen molar-refractivity contribution in [3.8, 4) is 0 Å². The van der Waals surface area contributed by atoms with Gasteiger partial charge in [0.25, 0.3) is 0 Å². The van der Waals surface area contributed by atoms with Crippen molar-refractivity contribution >= 4 is 0 Å². The maximum Gasteiger partial charge on any atom is 0.130 e. The molecule has 0 aromatic heterocycles. The first-order valence-corrected chi connectivity index (χ1v) is 7.40. The minimum absolute atomic E-state index is 0.404. The SMILES string of the molecule is Cc1ccc(C)c(C(O)(c2cc(C)ccc2C)C(C)N)c1. The lowest BCUT2D eigenvalue weighted by Crippen LogP contribution is -2.45. The summed E-state index contributed by atoms with van der Waals surface area (Å²) in [5.41, 5.74) is 11.2. The first-order valence-electron chi connectivity index (χ1n) is 7.40. The molecule has 0 saturated carbocycles. The predicted molar refractivity (Wildman–Crippen MR) is 88.5 cm³/mol. The zero-order chi connectivity index (χ0) is 15.8. The van der Waals surface area contributed by atoms with Crippen molar-refractivity contribution in [2.24, 2.45) is 5.73 Å². The minimum Gasteiger partial charge on any atom is -0.379 e. The molecule has 1 atom stereocenters. The van der Waals surface area contributed by atoms with Gasteiger partial charge in [-0.15, -0.1) is 0 Å². The minimum atomic E-state index is -1.17. The van der Waals surface area contributed by atoms with E-state index in [1.54, 1.807) is 0 Å². The lowest BCUT2D eigenvalue weighted by molar-refractivity contribution is 0.0565. The van der Waals surface area contributed by atoms with Crippen LogP contribution in [-0.4, -0.2) is 11.1 Å². The average molecular weight is 283 g/mol. The number of hydrogen-bond acceptors (Lipinski definition) is 2. The fourth-order valence-corrected chi connectivity index (χ4v) is 2.93. The molecule has 2 heteroatoms. The van der Waals surface area contributed by atoms with Gasteiger partial charge in [-0.2, -0.15) is 0 Å². The average Bonchev–Trinajstić information content (AvgIpc) is 2.43. The highest BCUT2D eigenvalue weighted by Crippen LogP contribution is 2.37. The molecule has 0 spiro atoms. The third-order valence-corrected chi connectivity index (χ3v) is 4.27. The Kier molecular flexibility index (Phi) is 4.22. The molecule has 0 aliphatic heterocycles. The summed E-state index contributed by atoms with van der Waals surface area (Å²) in [6, 6.07) is 11.9. The molecule has 2 nitrogen and oxygen atoms in total. The maximum absolute atomic E-state index is 11.5. The molecule has 0 bridgehead atoms. The van der Waals surface area contributed by atoms with Crippen LogP contribution in [0.4, 0.5) is 0 Å². The molecule has 1 unspecified atom stereocenters. The van der Waals surface area contributed by atoms with Crippen LogP contribution in [0.3, 0.4) is 0 Å². The molecule has 0 radical (unpaired) electrons. The van der Waals surface area contributed by atoms with Crippen LogP contribution in [0.1, 0.15) is 40.3 Å². The van der Waals surface area contributed by atoms with E-state index in [0.29, 0.717) is 0 Å². The fraction of sp³-hybridized carbons (Fsp3) is 0.368. The predicted octanol–water partition coefficient (Wildman–Crippen LogP) is 3.50. The van der Waals surface area contributed by atoms with Gasteiger partial charge < -0.3 is 10.8 Å². The van der Waals surface area contributed by atoms with Crippen LogP contribution in [0.5, 0.6) is 0 Å². The highest BCUT2D eigenvalue weighted by atomic mass is 16.3. The van der Waals surface area contributed by atoms with Crippen LogP contribution in [0, 0.1) is 27.7 Å². The van der Waals surface area contributed by atoms with Crippen molar-refractivity contribution in [3.63, 3.8) is 0 Å². The summed E-state index contributed by atoms with van der Waals surface area (Å²) in [6.45, 7) is 9.98. The first-order chi connectivity index (χ1) is 9.76. The second kappa shape index (κ2) is 5.63. The summed E-state index contributed by atoms with van der Waals surface area (Å²) in [5.74, 6) is 0. The quantitative estimate of drug-likeness (QED) is 0.905. The number of hydrogen-bond donors (Lipinski definition) is 2. The van der Waals surface area contributed by atoms with Gasteiger partial charge in [0.2, 0.25) is 0 Å². The van der Waals surface area contributed by atoms with E-state index < -0.39 is 11.6 Å². The molecular formula is C19H25NO. The van der Waals surface area contributed by atoms with Gasteiger partial charge in [-0.3, -0.25) is 0 Å². The molecule has 2 aromatic rings. The molecule has 2 rings (SSSR count). The Morgan fingerprint density at radius 3 is 1.57 bits per heavy atom. The number of benzene rings is 2. The van der Waals surface area contributed by atoms with Crippen LogP contribution >= 0.6 is 0 Å². The van der Waals surface area contributed by atoms with E-state index >= 15 is 0 Å². The van der Waals surface area contributed by atoms with E-state index in [4.69, 9.17) is 5.73 Å². The number of nitrogens with two attached hydrogens (primary N) is 1. The second-order valence-electron chi connectivity index (χ2n) is 6.19. The summed E-state index contributed by atoms with van der Waals surface area (Å²) in [6.07, 6.45) is 0. The van der Waals surface area contributed by atoms with E-state index in [2.05, 4.69) is 12.1 Å². The van der Waals surface area contributed by atoms with Crippen molar-refractivity contribution in [2.45, 2.75) is 46.3 Å². The van der Waals surface area contributed by atoms with E-state index in [-0.39, 0.29) is 0 Å². The summed E-state index contributed by atoms with van der Waals surface area (Å²) >= 11 is 0. The second-order valence-corrected chi connectivity index (χ2v) is 6.19. The standard InChI is InChI=1S/C19H25NO/c1-12-6-8-14(3)17(10-12)19(21,16(5)20)18-11-13(2)7-9-15(18)4/h6-11,16,21H,20H2,1-5H3. The Labute approximate surface area is 127 Å². The summed E-state index contributed by atoms with van der Waals surface area (Å²) in [4.78, 5) is 0. The number of rotatable bonds is 3. The zero-order valence-corrected chi connectivity index (χ0v) is 13.6. The summed E-state index contributed by atoms with van der Waals surface area (Å²) in [7, 11) is 0. The van der Waals surface area contributed by atoms with Crippen LogP contribution in [0.25, 0.3) is 0 Å². The molecular weight excluding hydrogens is 258 g/mol. The van der Waals surface area contributed by atoms with E-state index in [9.17, 15) is 5.11 Å². The van der Waals surface area contributed by atoms with E-state index in [1.165, 1.54) is 0 Å². The molecule has 0 amide bonds. The normalized spacial score (nSPS) is 13.3. The Hall–Kier alpha value is -1.64. The van der Waals surface area contributed by atoms with E-state index in [0.717, 1.165) is 33.4 Å². The van der Waals surface area contributed by atoms with Gasteiger partial charge >= 0.3 is 0 Å². The third kappa shape index (κ3) is 2.74. The van der Waals surface area contributed by atoms with Crippen molar-refractivity contribution in [3.05, 3.63) is 69.8 Å². The van der Waals surface area contributed by atoms with Crippen molar-refractivity contribution in [2.75, 3.05) is 0 Å². The van der Waals surface area contributed by atoms with Crippen LogP contribution < -0.4 is 5.73 Å². The smallest absolute Gasteiger partial charge is 0.130 e. The molecule has 112 valence electrons. The van der Waals surface area contributed by atoms with E-state index in [1.807, 2.05) is 58.9 Å². The highest BCUT2D eigenvalue weighted by Gasteiger charge is 2.38. The lowest BCUT2D eigenvalue weighted by atomic mass is 9.76. The van der Waals surface area contributed by atoms with Gasteiger partial charge in [0.05, 0.1) is 0 Å². The molecule has 0 aliphatic rings. The zero-order valence-electron chi connectivity index (χ0n) is 13.6. The Morgan fingerprint density at radius 2 is 1.24 bits per heavy atom. The Bertz CT molecular complexity index is 607. The number of aliphatic hydroxyl groups is 1. The molecule has 2 aromatic carbocycles. The Balaban J connectivity index is 2.77. The van der Waals surface area contributed by atoms with Gasteiger partial charge in [0.1, 0.15) is 5.60 Å². The van der Waals surface area contributed by atoms with Crippen molar-refractivity contribution in [1.29, 1.82) is 0 Å². The van der Waals surface area contributed by atoms with Crippen LogP contribution in [-0.2, 0) is 5.60 Å². The van der Waals surface area contributed by atoms with Gasteiger partial charge in [-0.25, -0.2) is 0 Å². The highest BCUT2D eigenvalue weighted by molar-refractivity contribution is 5.47. The molecule has 0 aliphatic carbocycles. The first kappa shape index (κ1) is 15.7. The topological polar surface area (TPSA) is 46.2 Å². The van der Waals surface area contributed by atoms with Gasteiger partial charge in [-0.1, -0.05) is 47.5 Å². The lowest BCUT2D eigenvalue weighted by Gasteiger charge is -2.36. The molecule has 3 N–H and O–H groups in total. The maximum atomic E-state index is 11.5. The Morgan fingerprint density at radius 1 is 0.857 bits per heavy atom. The summed E-state index contributed by atoms with van der Waals surface area (Å²) < 4.78 is 0. The molecule has 0 heterocycles. The largest absolute Gasteiger partial charge is 0.379 e. The van der Waals surface area contributed by atoms with Crippen molar-refractivity contribution < 1.29 is 5.11 Å². The fourth-order valence-electron chi connectivity index (χ4n) is 2.93. The van der Waals surface area contributed by atoms with Crippen molar-refractivity contribution in [1.82, 2.24) is 0 Å². The third-order valence-electron chi connectivity index (χ3n) is 4.27. The van der Waals surface area contributed by atoms with Crippen LogP contribution in [0.15, 0.2) is 36.4 Å². The molecule has 0 fully saturated rings. The monoisotopic (exact) mass is 283 g/mol. The van der Waals surface area contributed by atoms with Gasteiger partial charge in [-0.05, 0) is 56.9 Å². The number of aryl methyl sites for hydroxylation is 4. The summed E-state index contributed by atoms with van der Waals surface area (Å²) in [5, 5.41) is 11.5. The van der Waals surface area contributed by atoms with Gasteiger partial charge in [0.15, 0.2) is 0 Å². The van der Waals surface area contributed by atoms with Gasteiger partial charge in [0, 0.05) is 6.04 Å². The van der Waals surface area contributed by atoms with Crippen LogP contribution in [0.2, 0.25) is 0 Å². The molecule has 21 heavy (non-hydrogen) atoms. The molecule has 0 saturated heterocycles.